The number of likely N-dealkylation sites (N-methyl/N-ethyl adjacent to an activating group) is 1. The molecule has 4 rings (SSSR count). The lowest BCUT2D eigenvalue weighted by molar-refractivity contribution is -0.124. The number of sulfonamides is 1. The second-order valence-electron chi connectivity index (χ2n) is 10.3. The van der Waals surface area contributed by atoms with Gasteiger partial charge in [-0.1, -0.05) is 51.1 Å². The van der Waals surface area contributed by atoms with Crippen LogP contribution in [0, 0.1) is 11.2 Å². The van der Waals surface area contributed by atoms with Crippen molar-refractivity contribution in [3.63, 3.8) is 0 Å². The van der Waals surface area contributed by atoms with E-state index in [0.717, 1.165) is 17.7 Å². The van der Waals surface area contributed by atoms with E-state index in [1.165, 1.54) is 23.5 Å². The summed E-state index contributed by atoms with van der Waals surface area (Å²) in [4.78, 5) is 30.9. The van der Waals surface area contributed by atoms with Crippen LogP contribution in [0.25, 0.3) is 11.4 Å². The number of imidazole rings is 1. The molecule has 1 aliphatic rings. The second-order valence-corrected chi connectivity index (χ2v) is 12.2. The summed E-state index contributed by atoms with van der Waals surface area (Å²) in [5.74, 6) is -0.909. The van der Waals surface area contributed by atoms with Crippen LogP contribution in [-0.4, -0.2) is 53.7 Å². The maximum atomic E-state index is 13.6. The number of benzene rings is 2. The van der Waals surface area contributed by atoms with E-state index in [-0.39, 0.29) is 29.6 Å². The van der Waals surface area contributed by atoms with Crippen molar-refractivity contribution in [2.75, 3.05) is 13.6 Å². The number of hydrogen-bond acceptors (Lipinski definition) is 5. The highest BCUT2D eigenvalue weighted by Gasteiger charge is 2.36. The summed E-state index contributed by atoms with van der Waals surface area (Å²) < 4.78 is 43.6. The van der Waals surface area contributed by atoms with Gasteiger partial charge in [0, 0.05) is 25.7 Å². The van der Waals surface area contributed by atoms with Gasteiger partial charge in [0.2, 0.25) is 15.9 Å². The van der Waals surface area contributed by atoms with Crippen LogP contribution >= 0.6 is 0 Å². The van der Waals surface area contributed by atoms with Crippen molar-refractivity contribution in [1.29, 1.82) is 0 Å². The van der Waals surface area contributed by atoms with Crippen LogP contribution in [-0.2, 0) is 27.9 Å². The van der Waals surface area contributed by atoms with Gasteiger partial charge in [-0.15, -0.1) is 0 Å². The highest BCUT2D eigenvalue weighted by Crippen LogP contribution is 2.29. The average molecular weight is 542 g/mol. The van der Waals surface area contributed by atoms with Crippen LogP contribution in [0.3, 0.4) is 0 Å². The Kier molecular flexibility index (Phi) is 7.70. The van der Waals surface area contributed by atoms with Gasteiger partial charge >= 0.3 is 0 Å². The fraction of sp³-hybridized carbons (Fsp3) is 0.370. The molecule has 3 aromatic rings. The van der Waals surface area contributed by atoms with Gasteiger partial charge in [0.1, 0.15) is 17.7 Å². The summed E-state index contributed by atoms with van der Waals surface area (Å²) in [5.41, 5.74) is 0.672. The number of hydrogen-bond donors (Lipinski definition) is 2. The number of carbonyl (C=O) groups is 2. The van der Waals surface area contributed by atoms with Gasteiger partial charge < -0.3 is 15.2 Å². The summed E-state index contributed by atoms with van der Waals surface area (Å²) in [6.45, 7) is 6.06. The fourth-order valence-electron chi connectivity index (χ4n) is 4.51. The fourth-order valence-corrected chi connectivity index (χ4v) is 5.95. The minimum Gasteiger partial charge on any atom is -0.357 e. The van der Waals surface area contributed by atoms with Crippen molar-refractivity contribution in [2.45, 2.75) is 51.2 Å². The highest BCUT2D eigenvalue weighted by atomic mass is 32.2. The van der Waals surface area contributed by atoms with Gasteiger partial charge in [0.25, 0.3) is 5.91 Å². The predicted octanol–water partition coefficient (Wildman–Crippen LogP) is 3.17. The van der Waals surface area contributed by atoms with Crippen LogP contribution in [0.4, 0.5) is 4.39 Å². The number of fused-ring (bicyclic) bond motifs is 1. The number of rotatable bonds is 6. The van der Waals surface area contributed by atoms with E-state index in [1.807, 2.05) is 55.7 Å². The molecule has 0 aliphatic carbocycles. The first-order valence-electron chi connectivity index (χ1n) is 12.4. The first-order chi connectivity index (χ1) is 17.9. The van der Waals surface area contributed by atoms with Gasteiger partial charge in [0.05, 0.1) is 17.1 Å². The van der Waals surface area contributed by atoms with E-state index >= 15 is 0 Å². The maximum Gasteiger partial charge on any atom is 0.272 e. The molecule has 2 heterocycles. The van der Waals surface area contributed by atoms with E-state index in [2.05, 4.69) is 15.6 Å². The van der Waals surface area contributed by atoms with Gasteiger partial charge in [0.15, 0.2) is 5.69 Å². The lowest BCUT2D eigenvalue weighted by Gasteiger charge is -2.29. The van der Waals surface area contributed by atoms with Gasteiger partial charge in [-0.05, 0) is 36.1 Å². The third-order valence-corrected chi connectivity index (χ3v) is 8.40. The van der Waals surface area contributed by atoms with E-state index in [4.69, 9.17) is 0 Å². The molecule has 2 amide bonds. The van der Waals surface area contributed by atoms with Crippen molar-refractivity contribution < 1.29 is 22.4 Å². The summed E-state index contributed by atoms with van der Waals surface area (Å²) in [7, 11) is -2.48. The molecule has 1 atom stereocenters. The summed E-state index contributed by atoms with van der Waals surface area (Å²) >= 11 is 0. The third-order valence-electron chi connectivity index (χ3n) is 6.54. The predicted molar refractivity (Wildman–Crippen MR) is 141 cm³/mol. The first-order valence-corrected chi connectivity index (χ1v) is 13.8. The number of carbonyl (C=O) groups excluding carboxylic acids is 2. The first kappa shape index (κ1) is 27.5. The molecule has 0 bridgehead atoms. The molecule has 2 aromatic carbocycles. The van der Waals surface area contributed by atoms with E-state index in [0.29, 0.717) is 24.5 Å². The van der Waals surface area contributed by atoms with Crippen molar-refractivity contribution in [1.82, 2.24) is 24.5 Å². The molecule has 1 aliphatic heterocycles. The Morgan fingerprint density at radius 1 is 1.03 bits per heavy atom. The zero-order chi connectivity index (χ0) is 27.7. The molecule has 11 heteroatoms. The highest BCUT2D eigenvalue weighted by molar-refractivity contribution is 7.89. The van der Waals surface area contributed by atoms with Crippen LogP contribution in [0.2, 0.25) is 0 Å². The molecule has 1 unspecified atom stereocenters. The normalized spacial score (nSPS) is 15.3. The number of halogens is 1. The molecule has 0 saturated heterocycles. The molecule has 0 saturated carbocycles. The van der Waals surface area contributed by atoms with E-state index in [1.54, 1.807) is 0 Å². The second kappa shape index (κ2) is 10.7. The SMILES string of the molecule is CNC(=O)C(NC(=O)c1nc(-c2ccccc2)n2c1CN(S(=O)(=O)c1ccc(F)cc1)CCC2)C(C)(C)C. The lowest BCUT2D eigenvalue weighted by atomic mass is 9.86. The molecule has 202 valence electrons. The summed E-state index contributed by atoms with van der Waals surface area (Å²) in [6.07, 6.45) is 0.480. The molecular weight excluding hydrogens is 509 g/mol. The van der Waals surface area contributed by atoms with Crippen molar-refractivity contribution in [2.24, 2.45) is 5.41 Å². The quantitative estimate of drug-likeness (QED) is 0.498. The minimum absolute atomic E-state index is 0.0337. The number of nitrogens with zero attached hydrogens (tertiary/aromatic N) is 3. The average Bonchev–Trinajstić information content (AvgIpc) is 3.09. The van der Waals surface area contributed by atoms with Crippen LogP contribution in [0.5, 0.6) is 0 Å². The van der Waals surface area contributed by atoms with E-state index in [9.17, 15) is 22.4 Å². The lowest BCUT2D eigenvalue weighted by Crippen LogP contribution is -2.53. The van der Waals surface area contributed by atoms with Gasteiger partial charge in [-0.25, -0.2) is 17.8 Å². The maximum absolute atomic E-state index is 13.6. The molecule has 0 spiro atoms. The molecule has 0 radical (unpaired) electrons. The molecule has 0 fully saturated rings. The Morgan fingerprint density at radius 3 is 2.29 bits per heavy atom. The summed E-state index contributed by atoms with van der Waals surface area (Å²) in [5, 5.41) is 5.40. The Hall–Kier alpha value is -3.57. The standard InChI is InChI=1S/C27H32FN5O4S/c1-27(2,3)23(26(35)29-4)31-25(34)22-21-17-32(38(36,37)20-13-11-19(28)12-14-20)15-8-16-33(21)24(30-22)18-9-6-5-7-10-18/h5-7,9-14,23H,8,15-17H2,1-4H3,(H,29,35)(H,31,34). The topological polar surface area (TPSA) is 113 Å². The molecular formula is C27H32FN5O4S. The minimum atomic E-state index is -3.98. The Labute approximate surface area is 222 Å². The van der Waals surface area contributed by atoms with Crippen molar-refractivity contribution in [3.8, 4) is 11.4 Å². The van der Waals surface area contributed by atoms with Gasteiger partial charge in [-0.2, -0.15) is 4.31 Å². The largest absolute Gasteiger partial charge is 0.357 e. The Morgan fingerprint density at radius 2 is 1.68 bits per heavy atom. The van der Waals surface area contributed by atoms with Crippen LogP contribution < -0.4 is 10.6 Å². The van der Waals surface area contributed by atoms with Crippen molar-refractivity contribution in [3.05, 3.63) is 71.8 Å². The zero-order valence-corrected chi connectivity index (χ0v) is 22.7. The number of nitrogens with one attached hydrogen (secondary N) is 2. The molecule has 2 N–H and O–H groups in total. The number of amides is 2. The zero-order valence-electron chi connectivity index (χ0n) is 21.9. The third kappa shape index (κ3) is 5.48. The van der Waals surface area contributed by atoms with Crippen molar-refractivity contribution >= 4 is 21.8 Å². The molecule has 38 heavy (non-hydrogen) atoms. The summed E-state index contributed by atoms with van der Waals surface area (Å²) in [6, 6.07) is 13.2. The van der Waals surface area contributed by atoms with E-state index < -0.39 is 33.2 Å². The van der Waals surface area contributed by atoms with Gasteiger partial charge in [-0.3, -0.25) is 9.59 Å². The molecule has 9 nitrogen and oxygen atoms in total. The van der Waals surface area contributed by atoms with Crippen LogP contribution in [0.15, 0.2) is 59.5 Å². The Balaban J connectivity index is 1.79. The molecule has 1 aromatic heterocycles. The number of aromatic nitrogens is 2. The Bertz CT molecular complexity index is 1430. The smallest absolute Gasteiger partial charge is 0.272 e. The van der Waals surface area contributed by atoms with Crippen LogP contribution in [0.1, 0.15) is 43.4 Å². The monoisotopic (exact) mass is 541 g/mol.